The highest BCUT2D eigenvalue weighted by molar-refractivity contribution is 7.81. The van der Waals surface area contributed by atoms with Crippen LogP contribution in [0.3, 0.4) is 0 Å². The highest BCUT2D eigenvalue weighted by atomic mass is 32.1. The predicted octanol–water partition coefficient (Wildman–Crippen LogP) is 0.706. The van der Waals surface area contributed by atoms with Crippen LogP contribution in [0.25, 0.3) is 0 Å². The minimum atomic E-state index is -4.56. The molecule has 1 rings (SSSR count). The van der Waals surface area contributed by atoms with Crippen molar-refractivity contribution in [3.05, 3.63) is 35.9 Å². The van der Waals surface area contributed by atoms with Crippen LogP contribution in [-0.2, 0) is 14.2 Å². The van der Waals surface area contributed by atoms with E-state index in [1.165, 1.54) is 0 Å². The molecule has 0 bridgehead atoms. The van der Waals surface area contributed by atoms with Crippen molar-refractivity contribution in [3.63, 3.8) is 0 Å². The number of nitrogens with zero attached hydrogens (tertiary/aromatic N) is 1. The molecule has 1 atom stereocenters. The normalized spacial score (nSPS) is 12.8. The Morgan fingerprint density at radius 2 is 1.80 bits per heavy atom. The average molecular weight is 319 g/mol. The lowest BCUT2D eigenvalue weighted by atomic mass is 10.1. The van der Waals surface area contributed by atoms with Crippen LogP contribution in [-0.4, -0.2) is 44.5 Å². The van der Waals surface area contributed by atoms with Gasteiger partial charge in [-0.15, -0.1) is 0 Å². The molecule has 1 aromatic carbocycles. The molecule has 110 valence electrons. The van der Waals surface area contributed by atoms with Gasteiger partial charge < -0.3 is 19.8 Å². The summed E-state index contributed by atoms with van der Waals surface area (Å²) in [5.41, 5.74) is 0.516. The van der Waals surface area contributed by atoms with Gasteiger partial charge in [0.05, 0.1) is 0 Å². The van der Waals surface area contributed by atoms with Crippen molar-refractivity contribution < 1.29 is 29.0 Å². The lowest BCUT2D eigenvalue weighted by Crippen LogP contribution is -2.38. The summed E-state index contributed by atoms with van der Waals surface area (Å²) < 4.78 is 11.0. The molecule has 0 aliphatic rings. The molecule has 0 aliphatic heterocycles. The maximum absolute atomic E-state index is 12.1. The molecule has 1 amide bonds. The van der Waals surface area contributed by atoms with E-state index in [9.17, 15) is 14.2 Å². The lowest BCUT2D eigenvalue weighted by Gasteiger charge is -2.24. The molecule has 0 radical (unpaired) electrons. The van der Waals surface area contributed by atoms with Crippen molar-refractivity contribution in [2.24, 2.45) is 0 Å². The molecule has 1 aromatic rings. The van der Waals surface area contributed by atoms with E-state index >= 15 is 0 Å². The van der Waals surface area contributed by atoms with E-state index in [4.69, 9.17) is 14.9 Å². The first-order chi connectivity index (χ1) is 9.20. The maximum Gasteiger partial charge on any atom is 0.344 e. The Bertz CT molecular complexity index is 531. The number of carbonyl (C=O) groups is 2. The van der Waals surface area contributed by atoms with Crippen LogP contribution in [0.4, 0.5) is 0 Å². The Hall–Kier alpha value is -1.34. The number of aliphatic carboxylic acids is 1. The maximum atomic E-state index is 12.1. The standard InChI is InChI=1S/C11H14NO6PS/c13-9(14)6-12(7-19(16,17)18)11(15)10(20)8-4-2-1-3-5-8/h1-5,10,20H,6-7H2,(H,13,14)(H2,16,17,18). The average Bonchev–Trinajstić information content (AvgIpc) is 2.35. The SMILES string of the molecule is O=C(O)CN(CP(=O)(O)O)C(=O)C(S)c1ccccc1. The first kappa shape index (κ1) is 16.7. The number of rotatable bonds is 6. The molecule has 3 N–H and O–H groups in total. The smallest absolute Gasteiger partial charge is 0.344 e. The van der Waals surface area contributed by atoms with Gasteiger partial charge >= 0.3 is 13.6 Å². The number of hydrogen-bond donors (Lipinski definition) is 4. The zero-order valence-corrected chi connectivity index (χ0v) is 12.1. The Morgan fingerprint density at radius 3 is 2.25 bits per heavy atom. The van der Waals surface area contributed by atoms with Crippen molar-refractivity contribution in [1.29, 1.82) is 0 Å². The molecule has 0 spiro atoms. The van der Waals surface area contributed by atoms with E-state index in [0.29, 0.717) is 10.5 Å². The van der Waals surface area contributed by atoms with Gasteiger partial charge in [-0.05, 0) is 5.56 Å². The molecule has 0 aliphatic carbocycles. The van der Waals surface area contributed by atoms with Crippen molar-refractivity contribution in [2.45, 2.75) is 5.25 Å². The summed E-state index contributed by atoms with van der Waals surface area (Å²) in [5.74, 6) is -2.13. The summed E-state index contributed by atoms with van der Waals surface area (Å²) in [6.07, 6.45) is -0.956. The number of benzene rings is 1. The molecule has 0 saturated carbocycles. The lowest BCUT2D eigenvalue weighted by molar-refractivity contribution is -0.143. The number of hydrogen-bond acceptors (Lipinski definition) is 4. The topological polar surface area (TPSA) is 115 Å². The molecular weight excluding hydrogens is 305 g/mol. The zero-order chi connectivity index (χ0) is 15.3. The van der Waals surface area contributed by atoms with Crippen LogP contribution >= 0.6 is 20.2 Å². The zero-order valence-electron chi connectivity index (χ0n) is 10.3. The van der Waals surface area contributed by atoms with Gasteiger partial charge in [-0.1, -0.05) is 30.3 Å². The van der Waals surface area contributed by atoms with Gasteiger partial charge in [0.1, 0.15) is 18.1 Å². The molecule has 0 saturated heterocycles. The second-order valence-electron chi connectivity index (χ2n) is 4.05. The van der Waals surface area contributed by atoms with Gasteiger partial charge in [-0.3, -0.25) is 14.2 Å². The number of thiol groups is 1. The third kappa shape index (κ3) is 5.34. The van der Waals surface area contributed by atoms with Gasteiger partial charge in [0.15, 0.2) is 0 Å². The summed E-state index contributed by atoms with van der Waals surface area (Å²) >= 11 is 4.09. The monoisotopic (exact) mass is 319 g/mol. The number of carbonyl (C=O) groups excluding carboxylic acids is 1. The van der Waals surface area contributed by atoms with Crippen LogP contribution in [0.5, 0.6) is 0 Å². The molecule has 0 fully saturated rings. The van der Waals surface area contributed by atoms with Crippen molar-refractivity contribution in [2.75, 3.05) is 12.8 Å². The Morgan fingerprint density at radius 1 is 1.25 bits per heavy atom. The van der Waals surface area contributed by atoms with Crippen LogP contribution in [0.2, 0.25) is 0 Å². The van der Waals surface area contributed by atoms with E-state index in [-0.39, 0.29) is 0 Å². The molecule has 20 heavy (non-hydrogen) atoms. The van der Waals surface area contributed by atoms with Crippen molar-refractivity contribution in [1.82, 2.24) is 4.90 Å². The molecule has 0 aromatic heterocycles. The van der Waals surface area contributed by atoms with E-state index in [1.807, 2.05) is 0 Å². The number of amides is 1. The summed E-state index contributed by atoms with van der Waals surface area (Å²) in [5, 5.41) is 7.73. The second kappa shape index (κ2) is 6.90. The van der Waals surface area contributed by atoms with E-state index in [0.717, 1.165) is 0 Å². The van der Waals surface area contributed by atoms with Crippen LogP contribution in [0.15, 0.2) is 30.3 Å². The quantitative estimate of drug-likeness (QED) is 0.453. The Kier molecular flexibility index (Phi) is 5.76. The predicted molar refractivity (Wildman–Crippen MR) is 74.4 cm³/mol. The minimum absolute atomic E-state index is 0.516. The number of carboxylic acid groups (broad SMARTS) is 1. The van der Waals surface area contributed by atoms with Crippen LogP contribution < -0.4 is 0 Å². The molecule has 7 nitrogen and oxygen atoms in total. The van der Waals surface area contributed by atoms with Crippen molar-refractivity contribution >= 4 is 32.1 Å². The molecule has 1 unspecified atom stereocenters. The first-order valence-electron chi connectivity index (χ1n) is 5.49. The Labute approximate surface area is 120 Å². The fourth-order valence-corrected chi connectivity index (χ4v) is 2.55. The van der Waals surface area contributed by atoms with E-state index in [2.05, 4.69) is 12.6 Å². The van der Waals surface area contributed by atoms with E-state index < -0.39 is 37.6 Å². The Balaban J connectivity index is 2.92. The van der Waals surface area contributed by atoms with Gasteiger partial charge in [0, 0.05) is 0 Å². The third-order valence-electron chi connectivity index (χ3n) is 2.34. The summed E-state index contributed by atoms with van der Waals surface area (Å²) in [7, 11) is -4.56. The van der Waals surface area contributed by atoms with Gasteiger partial charge in [0.25, 0.3) is 0 Å². The second-order valence-corrected chi connectivity index (χ2v) is 6.18. The molecular formula is C11H14NO6PS. The minimum Gasteiger partial charge on any atom is -0.480 e. The fraction of sp³-hybridized carbons (Fsp3) is 0.273. The summed E-state index contributed by atoms with van der Waals surface area (Å²) in [6.45, 7) is -0.798. The van der Waals surface area contributed by atoms with Gasteiger partial charge in [0.2, 0.25) is 5.91 Å². The van der Waals surface area contributed by atoms with Crippen LogP contribution in [0.1, 0.15) is 10.8 Å². The van der Waals surface area contributed by atoms with E-state index in [1.54, 1.807) is 30.3 Å². The van der Waals surface area contributed by atoms with Gasteiger partial charge in [-0.25, -0.2) is 0 Å². The van der Waals surface area contributed by atoms with Gasteiger partial charge in [-0.2, -0.15) is 12.6 Å². The largest absolute Gasteiger partial charge is 0.480 e. The first-order valence-corrected chi connectivity index (χ1v) is 7.80. The van der Waals surface area contributed by atoms with Crippen LogP contribution in [0, 0.1) is 0 Å². The highest BCUT2D eigenvalue weighted by Gasteiger charge is 2.29. The third-order valence-corrected chi connectivity index (χ3v) is 3.57. The summed E-state index contributed by atoms with van der Waals surface area (Å²) in [4.78, 5) is 41.2. The highest BCUT2D eigenvalue weighted by Crippen LogP contribution is 2.36. The summed E-state index contributed by atoms with van der Waals surface area (Å²) in [6, 6.07) is 8.32. The molecule has 0 heterocycles. The molecule has 9 heteroatoms. The number of carboxylic acids is 1. The fourth-order valence-electron chi connectivity index (χ4n) is 1.53. The van der Waals surface area contributed by atoms with Crippen molar-refractivity contribution in [3.8, 4) is 0 Å².